The molecular weight excluding hydrogens is 312 g/mol. The standard InChI is InChI=1S/C17H16N2O5/c1-23-14-7-8-15(16(11-14)24-2)18-17(20)9-6-12-4-3-5-13(10-12)19(21)22/h3-11H,1-2H3,(H,18,20). The second kappa shape index (κ2) is 7.77. The number of anilines is 1. The summed E-state index contributed by atoms with van der Waals surface area (Å²) in [6.07, 6.45) is 2.79. The van der Waals surface area contributed by atoms with E-state index in [9.17, 15) is 14.9 Å². The molecule has 0 saturated carbocycles. The summed E-state index contributed by atoms with van der Waals surface area (Å²) in [6.45, 7) is 0. The van der Waals surface area contributed by atoms with E-state index in [4.69, 9.17) is 9.47 Å². The predicted molar refractivity (Wildman–Crippen MR) is 90.3 cm³/mol. The largest absolute Gasteiger partial charge is 0.497 e. The molecule has 7 nitrogen and oxygen atoms in total. The van der Waals surface area contributed by atoms with Gasteiger partial charge in [0, 0.05) is 24.3 Å². The third-order valence-electron chi connectivity index (χ3n) is 3.17. The lowest BCUT2D eigenvalue weighted by molar-refractivity contribution is -0.384. The molecule has 0 fully saturated rings. The van der Waals surface area contributed by atoms with Crippen molar-refractivity contribution in [3.63, 3.8) is 0 Å². The number of hydrogen-bond acceptors (Lipinski definition) is 5. The highest BCUT2D eigenvalue weighted by Crippen LogP contribution is 2.29. The van der Waals surface area contributed by atoms with Gasteiger partial charge in [-0.05, 0) is 23.8 Å². The maximum absolute atomic E-state index is 12.0. The van der Waals surface area contributed by atoms with Gasteiger partial charge in [-0.3, -0.25) is 14.9 Å². The van der Waals surface area contributed by atoms with Crippen LogP contribution in [0.25, 0.3) is 6.08 Å². The van der Waals surface area contributed by atoms with Crippen LogP contribution < -0.4 is 14.8 Å². The Hall–Kier alpha value is -3.35. The zero-order valence-corrected chi connectivity index (χ0v) is 13.2. The molecular formula is C17H16N2O5. The van der Waals surface area contributed by atoms with Crippen LogP contribution in [0.15, 0.2) is 48.5 Å². The van der Waals surface area contributed by atoms with Crippen molar-refractivity contribution in [2.45, 2.75) is 0 Å². The molecule has 0 aliphatic heterocycles. The zero-order valence-electron chi connectivity index (χ0n) is 13.2. The minimum atomic E-state index is -0.486. The minimum Gasteiger partial charge on any atom is -0.497 e. The number of nitrogens with zero attached hydrogens (tertiary/aromatic N) is 1. The van der Waals surface area contributed by atoms with Gasteiger partial charge in [0.2, 0.25) is 5.91 Å². The Bertz CT molecular complexity index is 786. The van der Waals surface area contributed by atoms with Crippen LogP contribution in [0.1, 0.15) is 5.56 Å². The highest BCUT2D eigenvalue weighted by atomic mass is 16.6. The molecule has 0 aromatic heterocycles. The number of hydrogen-bond donors (Lipinski definition) is 1. The Morgan fingerprint density at radius 1 is 1.17 bits per heavy atom. The molecule has 0 heterocycles. The monoisotopic (exact) mass is 328 g/mol. The molecule has 0 bridgehead atoms. The first-order chi connectivity index (χ1) is 11.5. The molecule has 0 saturated heterocycles. The maximum atomic E-state index is 12.0. The van der Waals surface area contributed by atoms with Crippen LogP contribution in [0.4, 0.5) is 11.4 Å². The fraction of sp³-hybridized carbons (Fsp3) is 0.118. The van der Waals surface area contributed by atoms with Crippen molar-refractivity contribution in [2.75, 3.05) is 19.5 Å². The normalized spacial score (nSPS) is 10.4. The lowest BCUT2D eigenvalue weighted by Crippen LogP contribution is -2.09. The van der Waals surface area contributed by atoms with Gasteiger partial charge < -0.3 is 14.8 Å². The van der Waals surface area contributed by atoms with Crippen LogP contribution in [-0.4, -0.2) is 25.1 Å². The third-order valence-corrected chi connectivity index (χ3v) is 3.17. The Morgan fingerprint density at radius 3 is 2.62 bits per heavy atom. The van der Waals surface area contributed by atoms with E-state index < -0.39 is 4.92 Å². The first kappa shape index (κ1) is 17.0. The van der Waals surface area contributed by atoms with E-state index >= 15 is 0 Å². The molecule has 0 atom stereocenters. The van der Waals surface area contributed by atoms with Crippen LogP contribution in [-0.2, 0) is 4.79 Å². The quantitative estimate of drug-likeness (QED) is 0.499. The number of benzene rings is 2. The molecule has 2 rings (SSSR count). The zero-order chi connectivity index (χ0) is 17.5. The Morgan fingerprint density at radius 2 is 1.96 bits per heavy atom. The van der Waals surface area contributed by atoms with Gasteiger partial charge in [0.15, 0.2) is 0 Å². The van der Waals surface area contributed by atoms with Crippen molar-refractivity contribution in [1.82, 2.24) is 0 Å². The molecule has 0 radical (unpaired) electrons. The van der Waals surface area contributed by atoms with Crippen molar-refractivity contribution in [3.05, 3.63) is 64.2 Å². The van der Waals surface area contributed by atoms with Crippen molar-refractivity contribution in [1.29, 1.82) is 0 Å². The lowest BCUT2D eigenvalue weighted by atomic mass is 10.2. The summed E-state index contributed by atoms with van der Waals surface area (Å²) in [4.78, 5) is 22.3. The summed E-state index contributed by atoms with van der Waals surface area (Å²) in [5.41, 5.74) is 1.02. The molecule has 24 heavy (non-hydrogen) atoms. The molecule has 0 aliphatic carbocycles. The average Bonchev–Trinajstić information content (AvgIpc) is 2.60. The third kappa shape index (κ3) is 4.33. The second-order valence-corrected chi connectivity index (χ2v) is 4.74. The van der Waals surface area contributed by atoms with Gasteiger partial charge in [-0.2, -0.15) is 0 Å². The van der Waals surface area contributed by atoms with Gasteiger partial charge in [-0.25, -0.2) is 0 Å². The van der Waals surface area contributed by atoms with Crippen LogP contribution >= 0.6 is 0 Å². The summed E-state index contributed by atoms with van der Waals surface area (Å²) in [7, 11) is 3.03. The molecule has 2 aromatic rings. The highest BCUT2D eigenvalue weighted by Gasteiger charge is 2.08. The van der Waals surface area contributed by atoms with E-state index in [0.29, 0.717) is 22.7 Å². The molecule has 124 valence electrons. The van der Waals surface area contributed by atoms with E-state index in [2.05, 4.69) is 5.32 Å². The second-order valence-electron chi connectivity index (χ2n) is 4.74. The van der Waals surface area contributed by atoms with Crippen molar-refractivity contribution >= 4 is 23.4 Å². The summed E-state index contributed by atoms with van der Waals surface area (Å²) in [5, 5.41) is 13.4. The average molecular weight is 328 g/mol. The van der Waals surface area contributed by atoms with Gasteiger partial charge in [0.05, 0.1) is 24.8 Å². The summed E-state index contributed by atoms with van der Waals surface area (Å²) in [6, 6.07) is 11.0. The minimum absolute atomic E-state index is 0.0330. The first-order valence-electron chi connectivity index (χ1n) is 6.99. The van der Waals surface area contributed by atoms with Crippen LogP contribution in [0.5, 0.6) is 11.5 Å². The van der Waals surface area contributed by atoms with Crippen LogP contribution in [0.2, 0.25) is 0 Å². The molecule has 0 unspecified atom stereocenters. The number of amides is 1. The summed E-state index contributed by atoms with van der Waals surface area (Å²) < 4.78 is 10.3. The number of nitrogens with one attached hydrogen (secondary N) is 1. The first-order valence-corrected chi connectivity index (χ1v) is 6.99. The Labute approximate surface area is 138 Å². The molecule has 7 heteroatoms. The smallest absolute Gasteiger partial charge is 0.270 e. The summed E-state index contributed by atoms with van der Waals surface area (Å²) >= 11 is 0. The number of ether oxygens (including phenoxy) is 2. The Kier molecular flexibility index (Phi) is 5.51. The highest BCUT2D eigenvalue weighted by molar-refractivity contribution is 6.02. The summed E-state index contributed by atoms with van der Waals surface area (Å²) in [5.74, 6) is 0.688. The number of rotatable bonds is 6. The number of non-ortho nitro benzene ring substituents is 1. The molecule has 1 N–H and O–H groups in total. The molecule has 0 spiro atoms. The number of carbonyl (C=O) groups is 1. The van der Waals surface area contributed by atoms with Crippen LogP contribution in [0, 0.1) is 10.1 Å². The van der Waals surface area contributed by atoms with Crippen molar-refractivity contribution in [3.8, 4) is 11.5 Å². The molecule has 0 aliphatic rings. The fourth-order valence-electron chi connectivity index (χ4n) is 1.99. The van der Waals surface area contributed by atoms with Gasteiger partial charge in [-0.1, -0.05) is 12.1 Å². The van der Waals surface area contributed by atoms with Crippen LogP contribution in [0.3, 0.4) is 0 Å². The Balaban J connectivity index is 2.10. The van der Waals surface area contributed by atoms with E-state index in [0.717, 1.165) is 0 Å². The van der Waals surface area contributed by atoms with Crippen molar-refractivity contribution < 1.29 is 19.2 Å². The van der Waals surface area contributed by atoms with Gasteiger partial charge in [0.25, 0.3) is 5.69 Å². The van der Waals surface area contributed by atoms with E-state index in [1.807, 2.05) is 0 Å². The SMILES string of the molecule is COc1ccc(NC(=O)C=Cc2cccc([N+](=O)[O-])c2)c(OC)c1. The molecule has 1 amide bonds. The van der Waals surface area contributed by atoms with E-state index in [-0.39, 0.29) is 11.6 Å². The van der Waals surface area contributed by atoms with E-state index in [1.165, 1.54) is 38.5 Å². The number of nitro groups is 1. The topological polar surface area (TPSA) is 90.7 Å². The number of nitro benzene ring substituents is 1. The van der Waals surface area contributed by atoms with Gasteiger partial charge in [-0.15, -0.1) is 0 Å². The number of methoxy groups -OCH3 is 2. The van der Waals surface area contributed by atoms with Gasteiger partial charge in [0.1, 0.15) is 11.5 Å². The predicted octanol–water partition coefficient (Wildman–Crippen LogP) is 3.26. The lowest BCUT2D eigenvalue weighted by Gasteiger charge is -2.10. The van der Waals surface area contributed by atoms with Crippen molar-refractivity contribution in [2.24, 2.45) is 0 Å². The fourth-order valence-corrected chi connectivity index (χ4v) is 1.99. The maximum Gasteiger partial charge on any atom is 0.270 e. The van der Waals surface area contributed by atoms with Gasteiger partial charge >= 0.3 is 0 Å². The van der Waals surface area contributed by atoms with E-state index in [1.54, 1.807) is 30.3 Å². The number of carbonyl (C=O) groups excluding carboxylic acids is 1. The molecule has 2 aromatic carbocycles.